The van der Waals surface area contributed by atoms with Gasteiger partial charge >= 0.3 is 0 Å². The van der Waals surface area contributed by atoms with Crippen LogP contribution in [0.3, 0.4) is 0 Å². The lowest BCUT2D eigenvalue weighted by atomic mass is 10.2. The Morgan fingerprint density at radius 3 is 3.21 bits per heavy atom. The third kappa shape index (κ3) is 2.23. The number of aldehydes is 1. The molecule has 3 heteroatoms. The summed E-state index contributed by atoms with van der Waals surface area (Å²) in [6.45, 7) is 1.86. The second-order valence-electron chi connectivity index (χ2n) is 3.72. The normalized spacial score (nSPS) is 21.3. The molecule has 0 radical (unpaired) electrons. The van der Waals surface area contributed by atoms with Crippen molar-refractivity contribution < 1.29 is 9.53 Å². The lowest BCUT2D eigenvalue weighted by Gasteiger charge is -2.09. The zero-order valence-corrected chi connectivity index (χ0v) is 8.19. The van der Waals surface area contributed by atoms with E-state index in [1.54, 1.807) is 0 Å². The van der Waals surface area contributed by atoms with E-state index in [1.165, 1.54) is 12.8 Å². The Morgan fingerprint density at radius 1 is 1.64 bits per heavy atom. The van der Waals surface area contributed by atoms with Gasteiger partial charge in [0, 0.05) is 31.1 Å². The summed E-state index contributed by atoms with van der Waals surface area (Å²) in [6.07, 6.45) is 8.55. The number of carbonyl (C=O) groups is 1. The van der Waals surface area contributed by atoms with Crippen LogP contribution in [-0.4, -0.2) is 23.6 Å². The van der Waals surface area contributed by atoms with Gasteiger partial charge in [-0.25, -0.2) is 0 Å². The van der Waals surface area contributed by atoms with Gasteiger partial charge in [0.25, 0.3) is 0 Å². The highest BCUT2D eigenvalue weighted by Crippen LogP contribution is 2.16. The Labute approximate surface area is 83.7 Å². The quantitative estimate of drug-likeness (QED) is 0.683. The summed E-state index contributed by atoms with van der Waals surface area (Å²) >= 11 is 0. The first-order valence-electron chi connectivity index (χ1n) is 5.11. The first-order valence-corrected chi connectivity index (χ1v) is 5.11. The first-order chi connectivity index (χ1) is 6.88. The van der Waals surface area contributed by atoms with Crippen molar-refractivity contribution in [3.63, 3.8) is 0 Å². The molecule has 0 amide bonds. The lowest BCUT2D eigenvalue weighted by Crippen LogP contribution is -2.08. The fourth-order valence-corrected chi connectivity index (χ4v) is 1.83. The average molecular weight is 193 g/mol. The summed E-state index contributed by atoms with van der Waals surface area (Å²) in [7, 11) is 0. The van der Waals surface area contributed by atoms with Gasteiger partial charge in [0.2, 0.25) is 0 Å². The summed E-state index contributed by atoms with van der Waals surface area (Å²) in [5.41, 5.74) is 0.748. The Kier molecular flexibility index (Phi) is 2.99. The van der Waals surface area contributed by atoms with Crippen LogP contribution in [0.4, 0.5) is 0 Å². The van der Waals surface area contributed by atoms with E-state index in [4.69, 9.17) is 4.74 Å². The minimum atomic E-state index is 0.428. The molecule has 76 valence electrons. The van der Waals surface area contributed by atoms with Crippen molar-refractivity contribution in [1.29, 1.82) is 0 Å². The standard InChI is InChI=1S/C11H15NO2/c13-9-10-3-5-12(8-10)6-4-11-2-1-7-14-11/h3,5,8-9,11H,1-2,4,6-7H2. The lowest BCUT2D eigenvalue weighted by molar-refractivity contribution is 0.100. The highest BCUT2D eigenvalue weighted by atomic mass is 16.5. The predicted octanol–water partition coefficient (Wildman–Crippen LogP) is 1.87. The van der Waals surface area contributed by atoms with Crippen molar-refractivity contribution in [3.05, 3.63) is 24.0 Å². The Hall–Kier alpha value is -1.09. The Balaban J connectivity index is 1.81. The highest BCUT2D eigenvalue weighted by Gasteiger charge is 2.14. The van der Waals surface area contributed by atoms with Crippen LogP contribution in [-0.2, 0) is 11.3 Å². The SMILES string of the molecule is O=Cc1ccn(CCC2CCCO2)c1. The van der Waals surface area contributed by atoms with Crippen molar-refractivity contribution in [3.8, 4) is 0 Å². The predicted molar refractivity (Wildman–Crippen MR) is 53.4 cm³/mol. The maximum absolute atomic E-state index is 10.4. The van der Waals surface area contributed by atoms with Crippen molar-refractivity contribution in [1.82, 2.24) is 4.57 Å². The third-order valence-electron chi connectivity index (χ3n) is 2.64. The maximum Gasteiger partial charge on any atom is 0.151 e. The van der Waals surface area contributed by atoms with E-state index in [0.29, 0.717) is 6.10 Å². The van der Waals surface area contributed by atoms with Crippen LogP contribution in [0.1, 0.15) is 29.6 Å². The van der Waals surface area contributed by atoms with Gasteiger partial charge in [-0.05, 0) is 25.3 Å². The zero-order chi connectivity index (χ0) is 9.80. The number of ether oxygens (including phenoxy) is 1. The molecular formula is C11H15NO2. The van der Waals surface area contributed by atoms with Crippen LogP contribution in [0.5, 0.6) is 0 Å². The van der Waals surface area contributed by atoms with Crippen molar-refractivity contribution in [2.75, 3.05) is 6.61 Å². The molecule has 1 aliphatic rings. The molecule has 0 N–H and O–H groups in total. The molecular weight excluding hydrogens is 178 g/mol. The summed E-state index contributed by atoms with van der Waals surface area (Å²) in [5.74, 6) is 0. The van der Waals surface area contributed by atoms with Crippen LogP contribution in [0.25, 0.3) is 0 Å². The summed E-state index contributed by atoms with van der Waals surface area (Å²) in [5, 5.41) is 0. The first kappa shape index (κ1) is 9.46. The van der Waals surface area contributed by atoms with Crippen LogP contribution in [0, 0.1) is 0 Å². The van der Waals surface area contributed by atoms with Crippen LogP contribution in [0.2, 0.25) is 0 Å². The molecule has 1 saturated heterocycles. The molecule has 0 bridgehead atoms. The van der Waals surface area contributed by atoms with Gasteiger partial charge in [-0.15, -0.1) is 0 Å². The molecule has 1 atom stereocenters. The van der Waals surface area contributed by atoms with Gasteiger partial charge in [0.15, 0.2) is 6.29 Å². The van der Waals surface area contributed by atoms with E-state index in [-0.39, 0.29) is 0 Å². The molecule has 2 heterocycles. The summed E-state index contributed by atoms with van der Waals surface area (Å²) in [4.78, 5) is 10.4. The fraction of sp³-hybridized carbons (Fsp3) is 0.545. The molecule has 2 rings (SSSR count). The number of hydrogen-bond acceptors (Lipinski definition) is 2. The zero-order valence-electron chi connectivity index (χ0n) is 8.19. The third-order valence-corrected chi connectivity index (χ3v) is 2.64. The van der Waals surface area contributed by atoms with Crippen molar-refractivity contribution in [2.45, 2.75) is 31.9 Å². The van der Waals surface area contributed by atoms with Gasteiger partial charge in [0.05, 0.1) is 6.10 Å². The van der Waals surface area contributed by atoms with E-state index in [1.807, 2.05) is 23.0 Å². The van der Waals surface area contributed by atoms with E-state index in [2.05, 4.69) is 0 Å². The Bertz CT molecular complexity index is 300. The molecule has 14 heavy (non-hydrogen) atoms. The number of rotatable bonds is 4. The van der Waals surface area contributed by atoms with Crippen LogP contribution < -0.4 is 0 Å². The monoisotopic (exact) mass is 193 g/mol. The van der Waals surface area contributed by atoms with E-state index < -0.39 is 0 Å². The maximum atomic E-state index is 10.4. The van der Waals surface area contributed by atoms with Crippen LogP contribution >= 0.6 is 0 Å². The summed E-state index contributed by atoms with van der Waals surface area (Å²) in [6, 6.07) is 1.84. The van der Waals surface area contributed by atoms with Gasteiger partial charge in [-0.2, -0.15) is 0 Å². The fourth-order valence-electron chi connectivity index (χ4n) is 1.83. The minimum absolute atomic E-state index is 0.428. The topological polar surface area (TPSA) is 31.2 Å². The van der Waals surface area contributed by atoms with Gasteiger partial charge in [-0.1, -0.05) is 0 Å². The highest BCUT2D eigenvalue weighted by molar-refractivity contribution is 5.74. The molecule has 0 saturated carbocycles. The molecule has 3 nitrogen and oxygen atoms in total. The number of nitrogens with zero attached hydrogens (tertiary/aromatic N) is 1. The van der Waals surface area contributed by atoms with Gasteiger partial charge in [0.1, 0.15) is 0 Å². The van der Waals surface area contributed by atoms with E-state index in [0.717, 1.165) is 31.4 Å². The molecule has 1 aromatic rings. The number of aromatic nitrogens is 1. The molecule has 0 aromatic carbocycles. The van der Waals surface area contributed by atoms with Crippen LogP contribution in [0.15, 0.2) is 18.5 Å². The molecule has 0 aliphatic carbocycles. The number of aryl methyl sites for hydroxylation is 1. The summed E-state index contributed by atoms with van der Waals surface area (Å²) < 4.78 is 7.57. The molecule has 1 unspecified atom stereocenters. The van der Waals surface area contributed by atoms with Gasteiger partial charge in [-0.3, -0.25) is 4.79 Å². The van der Waals surface area contributed by atoms with Gasteiger partial charge < -0.3 is 9.30 Å². The number of hydrogen-bond donors (Lipinski definition) is 0. The van der Waals surface area contributed by atoms with Crippen molar-refractivity contribution in [2.24, 2.45) is 0 Å². The molecule has 1 fully saturated rings. The Morgan fingerprint density at radius 2 is 2.57 bits per heavy atom. The average Bonchev–Trinajstić information content (AvgIpc) is 2.86. The number of carbonyl (C=O) groups excluding carboxylic acids is 1. The van der Waals surface area contributed by atoms with E-state index >= 15 is 0 Å². The minimum Gasteiger partial charge on any atom is -0.378 e. The second-order valence-corrected chi connectivity index (χ2v) is 3.72. The second kappa shape index (κ2) is 4.42. The smallest absolute Gasteiger partial charge is 0.151 e. The molecule has 1 aliphatic heterocycles. The van der Waals surface area contributed by atoms with Crippen molar-refractivity contribution >= 4 is 6.29 Å². The molecule has 1 aromatic heterocycles. The van der Waals surface area contributed by atoms with E-state index in [9.17, 15) is 4.79 Å². The largest absolute Gasteiger partial charge is 0.378 e. The molecule has 0 spiro atoms.